The van der Waals surface area contributed by atoms with Crippen LogP contribution in [0.4, 0.5) is 13.2 Å². The third-order valence-electron chi connectivity index (χ3n) is 4.65. The molecular weight excluding hydrogens is 512 g/mol. The van der Waals surface area contributed by atoms with E-state index in [4.69, 9.17) is 4.74 Å². The second-order valence-corrected chi connectivity index (χ2v) is 7.17. The Kier molecular flexibility index (Phi) is 11.3. The maximum Gasteiger partial charge on any atom is 0.422 e. The van der Waals surface area contributed by atoms with Gasteiger partial charge >= 0.3 is 6.18 Å². The molecule has 1 aromatic rings. The first-order valence-corrected chi connectivity index (χ1v) is 9.80. The van der Waals surface area contributed by atoms with Gasteiger partial charge in [-0.3, -0.25) is 9.79 Å². The van der Waals surface area contributed by atoms with Crippen molar-refractivity contribution in [3.8, 4) is 5.75 Å². The molecule has 0 saturated heterocycles. The summed E-state index contributed by atoms with van der Waals surface area (Å²) < 4.78 is 42.4. The fourth-order valence-electron chi connectivity index (χ4n) is 3.17. The standard InChI is InChI=1S/C20H29F3N4O2.HI/c1-14-7-8-15(17(11-14)29-13-20(21,22)23)12-26-19(24-2)25-10-9-18(28)27-16-5-3-4-6-16;/h7-8,11,16H,3-6,9-10,12-13H2,1-2H3,(H,27,28)(H2,24,25,26);1H. The smallest absolute Gasteiger partial charge is 0.422 e. The molecule has 0 unspecified atom stereocenters. The van der Waals surface area contributed by atoms with Crippen LogP contribution in [0, 0.1) is 6.92 Å². The van der Waals surface area contributed by atoms with Crippen LogP contribution in [0.3, 0.4) is 0 Å². The van der Waals surface area contributed by atoms with Crippen LogP contribution in [-0.4, -0.2) is 44.3 Å². The average Bonchev–Trinajstić information content (AvgIpc) is 3.16. The van der Waals surface area contributed by atoms with Gasteiger partial charge in [0.2, 0.25) is 5.91 Å². The Balaban J connectivity index is 0.00000450. The van der Waals surface area contributed by atoms with E-state index in [1.807, 2.05) is 0 Å². The average molecular weight is 542 g/mol. The van der Waals surface area contributed by atoms with Crippen molar-refractivity contribution >= 4 is 35.8 Å². The van der Waals surface area contributed by atoms with E-state index >= 15 is 0 Å². The monoisotopic (exact) mass is 542 g/mol. The molecule has 0 aromatic heterocycles. The number of alkyl halides is 3. The third kappa shape index (κ3) is 9.86. The lowest BCUT2D eigenvalue weighted by atomic mass is 10.1. The van der Waals surface area contributed by atoms with E-state index in [1.54, 1.807) is 32.2 Å². The van der Waals surface area contributed by atoms with Gasteiger partial charge in [-0.25, -0.2) is 0 Å². The number of ether oxygens (including phenoxy) is 1. The molecular formula is C20H30F3IN4O2. The molecule has 30 heavy (non-hydrogen) atoms. The third-order valence-corrected chi connectivity index (χ3v) is 4.65. The van der Waals surface area contributed by atoms with Crippen molar-refractivity contribution in [1.29, 1.82) is 0 Å². The van der Waals surface area contributed by atoms with Crippen LogP contribution in [0.25, 0.3) is 0 Å². The number of rotatable bonds is 8. The molecule has 0 atom stereocenters. The summed E-state index contributed by atoms with van der Waals surface area (Å²) in [7, 11) is 1.59. The van der Waals surface area contributed by atoms with E-state index in [0.29, 0.717) is 24.5 Å². The van der Waals surface area contributed by atoms with E-state index in [0.717, 1.165) is 31.2 Å². The molecule has 1 aliphatic rings. The molecule has 2 rings (SSSR count). The number of nitrogens with zero attached hydrogens (tertiary/aromatic N) is 1. The Bertz CT molecular complexity index is 708. The second kappa shape index (κ2) is 12.9. The van der Waals surface area contributed by atoms with Gasteiger partial charge in [-0.1, -0.05) is 25.0 Å². The summed E-state index contributed by atoms with van der Waals surface area (Å²) in [5, 5.41) is 9.10. The van der Waals surface area contributed by atoms with Crippen molar-refractivity contribution in [3.63, 3.8) is 0 Å². The number of carbonyl (C=O) groups excluding carboxylic acids is 1. The summed E-state index contributed by atoms with van der Waals surface area (Å²) in [5.74, 6) is 0.642. The number of amides is 1. The number of hydrogen-bond acceptors (Lipinski definition) is 3. The lowest BCUT2D eigenvalue weighted by molar-refractivity contribution is -0.153. The lowest BCUT2D eigenvalue weighted by Gasteiger charge is -2.16. The van der Waals surface area contributed by atoms with Gasteiger partial charge in [0, 0.05) is 38.2 Å². The van der Waals surface area contributed by atoms with Crippen LogP contribution in [0.15, 0.2) is 23.2 Å². The SMILES string of the molecule is CN=C(NCCC(=O)NC1CCCC1)NCc1ccc(C)cc1OCC(F)(F)F.I. The topological polar surface area (TPSA) is 74.8 Å². The molecule has 6 nitrogen and oxygen atoms in total. The van der Waals surface area contributed by atoms with Crippen molar-refractivity contribution in [3.05, 3.63) is 29.3 Å². The highest BCUT2D eigenvalue weighted by Gasteiger charge is 2.28. The number of nitrogens with one attached hydrogen (secondary N) is 3. The van der Waals surface area contributed by atoms with E-state index in [-0.39, 0.29) is 48.2 Å². The Hall–Kier alpha value is -1.72. The van der Waals surface area contributed by atoms with Crippen LogP contribution in [0.2, 0.25) is 0 Å². The zero-order chi connectivity index (χ0) is 21.3. The molecule has 1 fully saturated rings. The van der Waals surface area contributed by atoms with Gasteiger partial charge < -0.3 is 20.7 Å². The first-order chi connectivity index (χ1) is 13.8. The molecule has 0 aliphatic heterocycles. The molecule has 10 heteroatoms. The summed E-state index contributed by atoms with van der Waals surface area (Å²) in [6.07, 6.45) is 0.322. The number of carbonyl (C=O) groups is 1. The second-order valence-electron chi connectivity index (χ2n) is 7.17. The molecule has 0 bridgehead atoms. The van der Waals surface area contributed by atoms with Gasteiger partial charge in [0.1, 0.15) is 5.75 Å². The molecule has 170 valence electrons. The number of benzene rings is 1. The fourth-order valence-corrected chi connectivity index (χ4v) is 3.17. The molecule has 3 N–H and O–H groups in total. The highest BCUT2D eigenvalue weighted by atomic mass is 127. The van der Waals surface area contributed by atoms with Crippen LogP contribution < -0.4 is 20.7 Å². The number of aryl methyl sites for hydroxylation is 1. The van der Waals surface area contributed by atoms with Crippen LogP contribution in [0.1, 0.15) is 43.2 Å². The molecule has 1 amide bonds. The predicted octanol–water partition coefficient (Wildman–Crippen LogP) is 3.67. The van der Waals surface area contributed by atoms with Gasteiger partial charge in [0.25, 0.3) is 0 Å². The van der Waals surface area contributed by atoms with E-state index in [9.17, 15) is 18.0 Å². The van der Waals surface area contributed by atoms with Crippen molar-refractivity contribution in [1.82, 2.24) is 16.0 Å². The Morgan fingerprint density at radius 3 is 2.57 bits per heavy atom. The zero-order valence-corrected chi connectivity index (χ0v) is 19.6. The summed E-state index contributed by atoms with van der Waals surface area (Å²) >= 11 is 0. The Labute approximate surface area is 192 Å². The Morgan fingerprint density at radius 1 is 1.23 bits per heavy atom. The first-order valence-electron chi connectivity index (χ1n) is 9.80. The van der Waals surface area contributed by atoms with Gasteiger partial charge in [-0.2, -0.15) is 13.2 Å². The van der Waals surface area contributed by atoms with Gasteiger partial charge in [0.05, 0.1) is 0 Å². The first kappa shape index (κ1) is 26.3. The quantitative estimate of drug-likeness (QED) is 0.267. The largest absolute Gasteiger partial charge is 0.484 e. The summed E-state index contributed by atoms with van der Waals surface area (Å²) in [4.78, 5) is 16.0. The molecule has 1 aromatic carbocycles. The number of hydrogen-bond donors (Lipinski definition) is 3. The van der Waals surface area contributed by atoms with Crippen molar-refractivity contribution < 1.29 is 22.7 Å². The number of guanidine groups is 1. The highest BCUT2D eigenvalue weighted by molar-refractivity contribution is 14.0. The minimum absolute atomic E-state index is 0. The highest BCUT2D eigenvalue weighted by Crippen LogP contribution is 2.23. The zero-order valence-electron chi connectivity index (χ0n) is 17.3. The van der Waals surface area contributed by atoms with E-state index < -0.39 is 12.8 Å². The molecule has 1 aliphatic carbocycles. The fraction of sp³-hybridized carbons (Fsp3) is 0.600. The summed E-state index contributed by atoms with van der Waals surface area (Å²) in [6, 6.07) is 5.39. The minimum atomic E-state index is -4.40. The molecule has 0 spiro atoms. The number of aliphatic imine (C=N–C) groups is 1. The number of halogens is 4. The summed E-state index contributed by atoms with van der Waals surface area (Å²) in [6.45, 7) is 1.09. The van der Waals surface area contributed by atoms with Crippen LogP contribution in [-0.2, 0) is 11.3 Å². The van der Waals surface area contributed by atoms with Crippen molar-refractivity contribution in [2.45, 2.75) is 57.8 Å². The Morgan fingerprint density at radius 2 is 1.93 bits per heavy atom. The molecule has 0 heterocycles. The normalized spacial score (nSPS) is 14.8. The molecule has 1 saturated carbocycles. The van der Waals surface area contributed by atoms with Crippen LogP contribution >= 0.6 is 24.0 Å². The van der Waals surface area contributed by atoms with Crippen molar-refractivity contribution in [2.24, 2.45) is 4.99 Å². The van der Waals surface area contributed by atoms with Crippen molar-refractivity contribution in [2.75, 3.05) is 20.2 Å². The maximum absolute atomic E-state index is 12.5. The van der Waals surface area contributed by atoms with E-state index in [2.05, 4.69) is 20.9 Å². The van der Waals surface area contributed by atoms with Crippen LogP contribution in [0.5, 0.6) is 5.75 Å². The maximum atomic E-state index is 12.5. The van der Waals surface area contributed by atoms with Gasteiger partial charge in [-0.15, -0.1) is 24.0 Å². The predicted molar refractivity (Wildman–Crippen MR) is 121 cm³/mol. The molecule has 0 radical (unpaired) electrons. The summed E-state index contributed by atoms with van der Waals surface area (Å²) in [5.41, 5.74) is 1.39. The van der Waals surface area contributed by atoms with Gasteiger partial charge in [-0.05, 0) is 31.4 Å². The lowest BCUT2D eigenvalue weighted by Crippen LogP contribution is -2.40. The van der Waals surface area contributed by atoms with E-state index in [1.165, 1.54) is 0 Å². The minimum Gasteiger partial charge on any atom is -0.484 e. The van der Waals surface area contributed by atoms with Gasteiger partial charge in [0.15, 0.2) is 12.6 Å².